The van der Waals surface area contributed by atoms with E-state index in [-0.39, 0.29) is 18.5 Å². The van der Waals surface area contributed by atoms with Gasteiger partial charge in [-0.1, -0.05) is 29.8 Å². The van der Waals surface area contributed by atoms with Crippen LogP contribution in [0.2, 0.25) is 5.02 Å². The Bertz CT molecular complexity index is 897. The van der Waals surface area contributed by atoms with Crippen molar-refractivity contribution < 1.29 is 4.79 Å². The molecule has 0 spiro atoms. The van der Waals surface area contributed by atoms with E-state index in [0.717, 1.165) is 26.4 Å². The number of para-hydroxylation sites is 1. The van der Waals surface area contributed by atoms with Crippen LogP contribution in [0.1, 0.15) is 29.1 Å². The summed E-state index contributed by atoms with van der Waals surface area (Å²) >= 11 is 7.95. The molecule has 4 nitrogen and oxygen atoms in total. The maximum absolute atomic E-state index is 12.5. The van der Waals surface area contributed by atoms with Crippen LogP contribution < -0.4 is 5.32 Å². The minimum atomic E-state index is -0.0886. The summed E-state index contributed by atoms with van der Waals surface area (Å²) in [6, 6.07) is 12.0. The van der Waals surface area contributed by atoms with Crippen LogP contribution in [-0.4, -0.2) is 29.4 Å². The van der Waals surface area contributed by atoms with Crippen molar-refractivity contribution in [3.8, 4) is 0 Å². The van der Waals surface area contributed by atoms with Gasteiger partial charge >= 0.3 is 0 Å². The third kappa shape index (κ3) is 4.06. The van der Waals surface area contributed by atoms with Crippen LogP contribution in [0, 0.1) is 13.8 Å². The Kier molecular flexibility index (Phi) is 5.61. The third-order valence-corrected chi connectivity index (χ3v) is 5.92. The first-order chi connectivity index (χ1) is 12.3. The largest absolute Gasteiger partial charge is 0.323 e. The summed E-state index contributed by atoms with van der Waals surface area (Å²) in [5.74, 6) is -0.0886. The number of carbonyl (C=O) groups excluding carboxylic acids is 1. The molecule has 0 radical (unpaired) electrons. The van der Waals surface area contributed by atoms with Crippen molar-refractivity contribution in [3.63, 3.8) is 0 Å². The predicted octanol–water partition coefficient (Wildman–Crippen LogP) is 5.20. The van der Waals surface area contributed by atoms with Gasteiger partial charge in [0.1, 0.15) is 5.01 Å². The lowest BCUT2D eigenvalue weighted by atomic mass is 10.1. The Balaban J connectivity index is 1.69. The molecule has 1 unspecified atom stereocenters. The van der Waals surface area contributed by atoms with Gasteiger partial charge in [0, 0.05) is 0 Å². The molecule has 2 aromatic carbocycles. The topological polar surface area (TPSA) is 45.2 Å². The molecule has 1 heterocycles. The average Bonchev–Trinajstić information content (AvgIpc) is 3.01. The second kappa shape index (κ2) is 7.74. The number of hydrogen-bond donors (Lipinski definition) is 1. The molecule has 1 atom stereocenters. The number of rotatable bonds is 5. The van der Waals surface area contributed by atoms with Crippen LogP contribution >= 0.6 is 22.9 Å². The molecule has 1 amide bonds. The Morgan fingerprint density at radius 2 is 2.04 bits per heavy atom. The van der Waals surface area contributed by atoms with E-state index in [1.807, 2.05) is 56.1 Å². The van der Waals surface area contributed by atoms with Crippen molar-refractivity contribution in [2.45, 2.75) is 26.8 Å². The molecule has 0 fully saturated rings. The number of halogens is 1. The molecule has 0 aliphatic rings. The molecule has 1 N–H and O–H groups in total. The van der Waals surface area contributed by atoms with Crippen molar-refractivity contribution >= 4 is 44.7 Å². The molecular weight excluding hydrogens is 366 g/mol. The first-order valence-electron chi connectivity index (χ1n) is 8.47. The summed E-state index contributed by atoms with van der Waals surface area (Å²) in [6.45, 7) is 6.26. The zero-order chi connectivity index (χ0) is 18.8. The predicted molar refractivity (Wildman–Crippen MR) is 110 cm³/mol. The number of benzene rings is 2. The second-order valence-corrected chi connectivity index (χ2v) is 8.07. The number of aromatic nitrogens is 1. The van der Waals surface area contributed by atoms with Crippen molar-refractivity contribution in [1.82, 2.24) is 9.88 Å². The maximum Gasteiger partial charge on any atom is 0.238 e. The number of thiazole rings is 1. The number of nitrogens with zero attached hydrogens (tertiary/aromatic N) is 2. The summed E-state index contributed by atoms with van der Waals surface area (Å²) < 4.78 is 1.16. The van der Waals surface area contributed by atoms with Gasteiger partial charge in [-0.2, -0.15) is 0 Å². The van der Waals surface area contributed by atoms with Gasteiger partial charge in [0.05, 0.1) is 33.5 Å². The number of anilines is 1. The Labute approximate surface area is 162 Å². The van der Waals surface area contributed by atoms with E-state index in [4.69, 9.17) is 11.6 Å². The van der Waals surface area contributed by atoms with E-state index in [1.54, 1.807) is 11.3 Å². The molecule has 0 aliphatic carbocycles. The molecule has 3 aromatic rings. The van der Waals surface area contributed by atoms with Crippen LogP contribution in [0.4, 0.5) is 5.69 Å². The standard InChI is InChI=1S/C20H22ClN3OS/c1-12-9-13(2)19(15(21)10-12)23-18(25)11-24(4)14(3)20-22-16-7-5-6-8-17(16)26-20/h5-10,14H,11H2,1-4H3,(H,23,25). The minimum absolute atomic E-state index is 0.0488. The van der Waals surface area contributed by atoms with E-state index >= 15 is 0 Å². The van der Waals surface area contributed by atoms with Crippen LogP contribution in [-0.2, 0) is 4.79 Å². The third-order valence-electron chi connectivity index (χ3n) is 4.42. The fraction of sp³-hybridized carbons (Fsp3) is 0.300. The highest BCUT2D eigenvalue weighted by Gasteiger charge is 2.19. The van der Waals surface area contributed by atoms with Crippen LogP contribution in [0.3, 0.4) is 0 Å². The highest BCUT2D eigenvalue weighted by molar-refractivity contribution is 7.18. The van der Waals surface area contributed by atoms with Crippen LogP contribution in [0.15, 0.2) is 36.4 Å². The Morgan fingerprint density at radius 1 is 1.31 bits per heavy atom. The first kappa shape index (κ1) is 18.8. The number of nitrogens with one attached hydrogen (secondary N) is 1. The van der Waals surface area contributed by atoms with Crippen molar-refractivity contribution in [2.24, 2.45) is 0 Å². The lowest BCUT2D eigenvalue weighted by Crippen LogP contribution is -2.32. The van der Waals surface area contributed by atoms with E-state index in [9.17, 15) is 4.79 Å². The summed E-state index contributed by atoms with van der Waals surface area (Å²) in [5, 5.41) is 4.51. The average molecular weight is 388 g/mol. The zero-order valence-electron chi connectivity index (χ0n) is 15.3. The molecule has 136 valence electrons. The van der Waals surface area contributed by atoms with Gasteiger partial charge in [-0.25, -0.2) is 4.98 Å². The van der Waals surface area contributed by atoms with E-state index in [2.05, 4.69) is 23.3 Å². The van der Waals surface area contributed by atoms with Crippen LogP contribution in [0.5, 0.6) is 0 Å². The molecule has 26 heavy (non-hydrogen) atoms. The van der Waals surface area contributed by atoms with E-state index in [1.165, 1.54) is 0 Å². The maximum atomic E-state index is 12.5. The van der Waals surface area contributed by atoms with Crippen molar-refractivity contribution in [2.75, 3.05) is 18.9 Å². The molecule has 0 bridgehead atoms. The molecule has 6 heteroatoms. The molecule has 0 saturated carbocycles. The number of aryl methyl sites for hydroxylation is 2. The minimum Gasteiger partial charge on any atom is -0.323 e. The Morgan fingerprint density at radius 3 is 2.73 bits per heavy atom. The van der Waals surface area contributed by atoms with Crippen molar-refractivity contribution in [1.29, 1.82) is 0 Å². The van der Waals surface area contributed by atoms with Gasteiger partial charge in [0.2, 0.25) is 5.91 Å². The monoisotopic (exact) mass is 387 g/mol. The Hall–Kier alpha value is -1.95. The van der Waals surface area contributed by atoms with E-state index < -0.39 is 0 Å². The van der Waals surface area contributed by atoms with E-state index in [0.29, 0.717) is 10.7 Å². The molecule has 0 aliphatic heterocycles. The zero-order valence-corrected chi connectivity index (χ0v) is 16.9. The smallest absolute Gasteiger partial charge is 0.238 e. The normalized spacial score (nSPS) is 12.5. The fourth-order valence-electron chi connectivity index (χ4n) is 2.87. The molecule has 0 saturated heterocycles. The number of hydrogen-bond acceptors (Lipinski definition) is 4. The first-order valence-corrected chi connectivity index (χ1v) is 9.67. The van der Waals surface area contributed by atoms with Gasteiger partial charge in [0.15, 0.2) is 0 Å². The number of fused-ring (bicyclic) bond motifs is 1. The molecule has 1 aromatic heterocycles. The lowest BCUT2D eigenvalue weighted by Gasteiger charge is -2.22. The highest BCUT2D eigenvalue weighted by Crippen LogP contribution is 2.29. The van der Waals surface area contributed by atoms with Gasteiger partial charge < -0.3 is 5.32 Å². The number of likely N-dealkylation sites (N-methyl/N-ethyl adjacent to an activating group) is 1. The van der Waals surface area contributed by atoms with Crippen molar-refractivity contribution in [3.05, 3.63) is 57.6 Å². The number of carbonyl (C=O) groups is 1. The van der Waals surface area contributed by atoms with Gasteiger partial charge in [-0.3, -0.25) is 9.69 Å². The highest BCUT2D eigenvalue weighted by atomic mass is 35.5. The van der Waals surface area contributed by atoms with Gasteiger partial charge in [0.25, 0.3) is 0 Å². The van der Waals surface area contributed by atoms with Crippen LogP contribution in [0.25, 0.3) is 10.2 Å². The summed E-state index contributed by atoms with van der Waals surface area (Å²) in [6.07, 6.45) is 0. The summed E-state index contributed by atoms with van der Waals surface area (Å²) in [7, 11) is 1.93. The van der Waals surface area contributed by atoms with Gasteiger partial charge in [-0.15, -0.1) is 11.3 Å². The molecular formula is C20H22ClN3OS. The second-order valence-electron chi connectivity index (χ2n) is 6.60. The fourth-order valence-corrected chi connectivity index (χ4v) is 4.33. The molecule has 3 rings (SSSR count). The quantitative estimate of drug-likeness (QED) is 0.654. The summed E-state index contributed by atoms with van der Waals surface area (Å²) in [4.78, 5) is 19.2. The summed E-state index contributed by atoms with van der Waals surface area (Å²) in [5.41, 5.74) is 3.72. The SMILES string of the molecule is Cc1cc(C)c(NC(=O)CN(C)C(C)c2nc3ccccc3s2)c(Cl)c1. The lowest BCUT2D eigenvalue weighted by molar-refractivity contribution is -0.117. The van der Waals surface area contributed by atoms with Gasteiger partial charge in [-0.05, 0) is 57.1 Å². The number of amides is 1.